The Labute approximate surface area is 89.3 Å². The van der Waals surface area contributed by atoms with E-state index < -0.39 is 0 Å². The molecule has 80 valence electrons. The molecule has 0 bridgehead atoms. The minimum Gasteiger partial charge on any atom is -0.354 e. The van der Waals surface area contributed by atoms with Crippen LogP contribution in [0.4, 0.5) is 5.82 Å². The van der Waals surface area contributed by atoms with Gasteiger partial charge in [-0.2, -0.15) is 0 Å². The fourth-order valence-corrected chi connectivity index (χ4v) is 1.68. The van der Waals surface area contributed by atoms with Crippen molar-refractivity contribution in [1.29, 1.82) is 0 Å². The van der Waals surface area contributed by atoms with Crippen LogP contribution in [0.25, 0.3) is 0 Å². The summed E-state index contributed by atoms with van der Waals surface area (Å²) < 4.78 is 0. The molecule has 1 aliphatic rings. The van der Waals surface area contributed by atoms with Gasteiger partial charge in [0.25, 0.3) is 0 Å². The van der Waals surface area contributed by atoms with Crippen molar-refractivity contribution in [2.45, 2.75) is 26.2 Å². The Kier molecular flexibility index (Phi) is 2.94. The third-order valence-corrected chi connectivity index (χ3v) is 2.70. The average Bonchev–Trinajstić information content (AvgIpc) is 2.30. The predicted octanol–water partition coefficient (Wildman–Crippen LogP) is 1.21. The van der Waals surface area contributed by atoms with E-state index in [0.717, 1.165) is 31.0 Å². The molecule has 1 aliphatic heterocycles. The molecule has 0 spiro atoms. The number of carbonyl (C=O) groups excluding carboxylic acids is 1. The molecule has 2 rings (SSSR count). The summed E-state index contributed by atoms with van der Waals surface area (Å²) in [5, 5.41) is 0. The second kappa shape index (κ2) is 4.38. The third kappa shape index (κ3) is 2.32. The summed E-state index contributed by atoms with van der Waals surface area (Å²) in [4.78, 5) is 21.8. The van der Waals surface area contributed by atoms with Gasteiger partial charge in [-0.05, 0) is 6.42 Å². The molecule has 1 saturated heterocycles. The zero-order valence-electron chi connectivity index (χ0n) is 8.94. The molecule has 4 nitrogen and oxygen atoms in total. The van der Waals surface area contributed by atoms with Crippen LogP contribution in [-0.2, 0) is 11.2 Å². The molecule has 1 aromatic rings. The van der Waals surface area contributed by atoms with Gasteiger partial charge in [0.1, 0.15) is 11.6 Å². The molecule has 4 heteroatoms. The molecule has 1 aromatic heterocycles. The van der Waals surface area contributed by atoms with E-state index in [1.165, 1.54) is 0 Å². The van der Waals surface area contributed by atoms with E-state index in [1.807, 2.05) is 6.20 Å². The summed E-state index contributed by atoms with van der Waals surface area (Å²) in [5.41, 5.74) is 1.01. The van der Waals surface area contributed by atoms with Gasteiger partial charge in [-0.1, -0.05) is 6.92 Å². The molecule has 0 unspecified atom stereocenters. The van der Waals surface area contributed by atoms with Crippen LogP contribution in [0.15, 0.2) is 12.4 Å². The summed E-state index contributed by atoms with van der Waals surface area (Å²) in [6.07, 6.45) is 5.79. The van der Waals surface area contributed by atoms with E-state index in [9.17, 15) is 4.79 Å². The van der Waals surface area contributed by atoms with Gasteiger partial charge in [-0.3, -0.25) is 9.78 Å². The minimum absolute atomic E-state index is 0.351. The predicted molar refractivity (Wildman–Crippen MR) is 57.9 cm³/mol. The largest absolute Gasteiger partial charge is 0.354 e. The number of Topliss-reactive ketones (excluding diaryl/α,β-unsaturated/α-hetero) is 1. The van der Waals surface area contributed by atoms with Crippen molar-refractivity contribution in [2.24, 2.45) is 0 Å². The van der Waals surface area contributed by atoms with Crippen LogP contribution < -0.4 is 4.90 Å². The first-order chi connectivity index (χ1) is 7.29. The molecular weight excluding hydrogens is 190 g/mol. The highest BCUT2D eigenvalue weighted by Gasteiger charge is 2.17. The molecule has 0 saturated carbocycles. The Morgan fingerprint density at radius 2 is 2.00 bits per heavy atom. The van der Waals surface area contributed by atoms with Crippen LogP contribution in [0, 0.1) is 0 Å². The SMILES string of the molecule is CCc1cnc(N2CCC(=O)CC2)cn1. The molecule has 1 fully saturated rings. The van der Waals surface area contributed by atoms with Gasteiger partial charge in [-0.25, -0.2) is 4.98 Å². The number of hydrogen-bond acceptors (Lipinski definition) is 4. The fourth-order valence-electron chi connectivity index (χ4n) is 1.68. The number of carbonyl (C=O) groups is 1. The number of nitrogens with zero attached hydrogens (tertiary/aromatic N) is 3. The normalized spacial score (nSPS) is 16.9. The molecule has 0 aliphatic carbocycles. The molecular formula is C11H15N3O. The van der Waals surface area contributed by atoms with Crippen molar-refractivity contribution in [2.75, 3.05) is 18.0 Å². The van der Waals surface area contributed by atoms with Gasteiger partial charge >= 0.3 is 0 Å². The smallest absolute Gasteiger partial charge is 0.147 e. The number of aryl methyl sites for hydroxylation is 1. The number of hydrogen-bond donors (Lipinski definition) is 0. The lowest BCUT2D eigenvalue weighted by Gasteiger charge is -2.26. The van der Waals surface area contributed by atoms with Crippen LogP contribution in [-0.4, -0.2) is 28.8 Å². The summed E-state index contributed by atoms with van der Waals surface area (Å²) >= 11 is 0. The number of aromatic nitrogens is 2. The summed E-state index contributed by atoms with van der Waals surface area (Å²) in [5.74, 6) is 1.24. The Bertz CT molecular complexity index is 337. The van der Waals surface area contributed by atoms with Crippen LogP contribution in [0.1, 0.15) is 25.5 Å². The van der Waals surface area contributed by atoms with Crippen molar-refractivity contribution < 1.29 is 4.79 Å². The highest BCUT2D eigenvalue weighted by molar-refractivity contribution is 5.80. The molecule has 0 N–H and O–H groups in total. The molecule has 0 radical (unpaired) electrons. The van der Waals surface area contributed by atoms with E-state index in [0.29, 0.717) is 18.6 Å². The average molecular weight is 205 g/mol. The monoisotopic (exact) mass is 205 g/mol. The first-order valence-corrected chi connectivity index (χ1v) is 5.37. The number of piperidine rings is 1. The number of anilines is 1. The Hall–Kier alpha value is -1.45. The topological polar surface area (TPSA) is 46.1 Å². The van der Waals surface area contributed by atoms with Gasteiger partial charge < -0.3 is 4.90 Å². The molecule has 0 amide bonds. The highest BCUT2D eigenvalue weighted by Crippen LogP contribution is 2.14. The first-order valence-electron chi connectivity index (χ1n) is 5.37. The van der Waals surface area contributed by atoms with Crippen molar-refractivity contribution in [3.05, 3.63) is 18.1 Å². The lowest BCUT2D eigenvalue weighted by Crippen LogP contribution is -2.34. The number of rotatable bonds is 2. The first kappa shape index (κ1) is 10.1. The van der Waals surface area contributed by atoms with E-state index in [4.69, 9.17) is 0 Å². The van der Waals surface area contributed by atoms with Crippen LogP contribution >= 0.6 is 0 Å². The van der Waals surface area contributed by atoms with Gasteiger partial charge in [0, 0.05) is 25.9 Å². The molecule has 2 heterocycles. The fraction of sp³-hybridized carbons (Fsp3) is 0.545. The maximum absolute atomic E-state index is 11.1. The Balaban J connectivity index is 2.06. The van der Waals surface area contributed by atoms with Crippen LogP contribution in [0.5, 0.6) is 0 Å². The summed E-state index contributed by atoms with van der Waals surface area (Å²) in [7, 11) is 0. The van der Waals surface area contributed by atoms with Crippen molar-refractivity contribution in [1.82, 2.24) is 9.97 Å². The molecule has 15 heavy (non-hydrogen) atoms. The lowest BCUT2D eigenvalue weighted by molar-refractivity contribution is -0.119. The Morgan fingerprint density at radius 3 is 2.53 bits per heavy atom. The summed E-state index contributed by atoms with van der Waals surface area (Å²) in [6, 6.07) is 0. The van der Waals surface area contributed by atoms with Gasteiger partial charge in [0.05, 0.1) is 18.1 Å². The van der Waals surface area contributed by atoms with Crippen molar-refractivity contribution in [3.63, 3.8) is 0 Å². The summed E-state index contributed by atoms with van der Waals surface area (Å²) in [6.45, 7) is 3.61. The maximum atomic E-state index is 11.1. The quantitative estimate of drug-likeness (QED) is 0.728. The minimum atomic E-state index is 0.351. The van der Waals surface area contributed by atoms with E-state index >= 15 is 0 Å². The van der Waals surface area contributed by atoms with Gasteiger partial charge in [-0.15, -0.1) is 0 Å². The van der Waals surface area contributed by atoms with Gasteiger partial charge in [0.2, 0.25) is 0 Å². The van der Waals surface area contributed by atoms with E-state index in [1.54, 1.807) is 6.20 Å². The zero-order valence-corrected chi connectivity index (χ0v) is 8.94. The molecule has 0 aromatic carbocycles. The second-order valence-corrected chi connectivity index (χ2v) is 3.75. The van der Waals surface area contributed by atoms with E-state index in [2.05, 4.69) is 21.8 Å². The van der Waals surface area contributed by atoms with Crippen molar-refractivity contribution >= 4 is 11.6 Å². The van der Waals surface area contributed by atoms with Crippen molar-refractivity contribution in [3.8, 4) is 0 Å². The van der Waals surface area contributed by atoms with E-state index in [-0.39, 0.29) is 0 Å². The number of ketones is 1. The van der Waals surface area contributed by atoms with Crippen LogP contribution in [0.2, 0.25) is 0 Å². The second-order valence-electron chi connectivity index (χ2n) is 3.75. The molecule has 0 atom stereocenters. The Morgan fingerprint density at radius 1 is 1.27 bits per heavy atom. The van der Waals surface area contributed by atoms with Crippen LogP contribution in [0.3, 0.4) is 0 Å². The highest BCUT2D eigenvalue weighted by atomic mass is 16.1. The maximum Gasteiger partial charge on any atom is 0.147 e. The lowest BCUT2D eigenvalue weighted by atomic mass is 10.1. The van der Waals surface area contributed by atoms with Gasteiger partial charge in [0.15, 0.2) is 0 Å². The zero-order chi connectivity index (χ0) is 10.7. The third-order valence-electron chi connectivity index (χ3n) is 2.70. The standard InChI is InChI=1S/C11H15N3O/c1-2-9-7-13-11(8-12-9)14-5-3-10(15)4-6-14/h7-8H,2-6H2,1H3.